The second-order valence-electron chi connectivity index (χ2n) is 8.43. The van der Waals surface area contributed by atoms with E-state index < -0.39 is 11.7 Å². The number of amides is 1. The maximum atomic E-state index is 13.6. The number of fused-ring (bicyclic) bond motifs is 1. The van der Waals surface area contributed by atoms with Crippen LogP contribution >= 0.6 is 15.9 Å². The fourth-order valence-electron chi connectivity index (χ4n) is 3.54. The van der Waals surface area contributed by atoms with Crippen LogP contribution in [-0.2, 0) is 15.3 Å². The molecule has 0 saturated heterocycles. The van der Waals surface area contributed by atoms with Gasteiger partial charge in [0.15, 0.2) is 0 Å². The van der Waals surface area contributed by atoms with Gasteiger partial charge in [0.05, 0.1) is 5.56 Å². The summed E-state index contributed by atoms with van der Waals surface area (Å²) >= 11 is 3.42. The summed E-state index contributed by atoms with van der Waals surface area (Å²) in [5.41, 5.74) is -0.147. The SMILES string of the molecule is CCCC(NC(=O)C1(Nc2ccc(Br)cc2)OC(=O)c2ccccc21)C(C)(C)C. The molecule has 1 aliphatic heterocycles. The lowest BCUT2D eigenvalue weighted by Gasteiger charge is -2.36. The molecule has 0 spiro atoms. The van der Waals surface area contributed by atoms with Crippen LogP contribution in [-0.4, -0.2) is 17.9 Å². The highest BCUT2D eigenvalue weighted by molar-refractivity contribution is 9.10. The summed E-state index contributed by atoms with van der Waals surface area (Å²) in [6, 6.07) is 14.4. The van der Waals surface area contributed by atoms with Crippen LogP contribution in [0, 0.1) is 5.41 Å². The number of hydrogen-bond donors (Lipinski definition) is 2. The predicted molar refractivity (Wildman–Crippen MR) is 118 cm³/mol. The molecule has 1 heterocycles. The molecule has 2 N–H and O–H groups in total. The number of rotatable bonds is 6. The highest BCUT2D eigenvalue weighted by Gasteiger charge is 2.52. The van der Waals surface area contributed by atoms with Crippen LogP contribution in [0.1, 0.15) is 56.5 Å². The van der Waals surface area contributed by atoms with Gasteiger partial charge >= 0.3 is 5.97 Å². The molecule has 2 atom stereocenters. The Bertz CT molecular complexity index is 905. The van der Waals surface area contributed by atoms with Gasteiger partial charge in [0, 0.05) is 21.8 Å². The molecule has 0 fully saturated rings. The molecule has 29 heavy (non-hydrogen) atoms. The summed E-state index contributed by atoms with van der Waals surface area (Å²) in [5.74, 6) is -0.879. The lowest BCUT2D eigenvalue weighted by molar-refractivity contribution is -0.139. The Kier molecular flexibility index (Phi) is 6.03. The van der Waals surface area contributed by atoms with Crippen molar-refractivity contribution in [2.24, 2.45) is 5.41 Å². The van der Waals surface area contributed by atoms with Crippen molar-refractivity contribution < 1.29 is 14.3 Å². The van der Waals surface area contributed by atoms with Gasteiger partial charge in [0.1, 0.15) is 0 Å². The third kappa shape index (κ3) is 4.32. The number of hydrogen-bond acceptors (Lipinski definition) is 4. The minimum absolute atomic E-state index is 0.0601. The number of benzene rings is 2. The molecule has 0 aliphatic carbocycles. The van der Waals surface area contributed by atoms with Crippen molar-refractivity contribution in [1.29, 1.82) is 0 Å². The second-order valence-corrected chi connectivity index (χ2v) is 9.34. The fourth-order valence-corrected chi connectivity index (χ4v) is 3.81. The van der Waals surface area contributed by atoms with Crippen molar-refractivity contribution >= 4 is 33.5 Å². The van der Waals surface area contributed by atoms with Crippen molar-refractivity contribution in [2.75, 3.05) is 5.32 Å². The number of esters is 1. The molecule has 0 saturated carbocycles. The van der Waals surface area contributed by atoms with Gasteiger partial charge < -0.3 is 15.4 Å². The van der Waals surface area contributed by atoms with E-state index in [0.29, 0.717) is 16.8 Å². The van der Waals surface area contributed by atoms with E-state index in [0.717, 1.165) is 17.3 Å². The van der Waals surface area contributed by atoms with E-state index >= 15 is 0 Å². The number of halogens is 1. The van der Waals surface area contributed by atoms with Gasteiger partial charge in [0.2, 0.25) is 0 Å². The minimum Gasteiger partial charge on any atom is -0.421 e. The molecule has 2 unspecified atom stereocenters. The van der Waals surface area contributed by atoms with Crippen LogP contribution in [0.3, 0.4) is 0 Å². The fraction of sp³-hybridized carbons (Fsp3) is 0.391. The average molecular weight is 459 g/mol. The standard InChI is InChI=1S/C23H27BrN2O3/c1-5-8-19(22(2,3)4)25-21(28)23(26-16-13-11-15(24)12-14-16)18-10-7-6-9-17(18)20(27)29-23/h6-7,9-14,19,26H,5,8H2,1-4H3,(H,25,28). The van der Waals surface area contributed by atoms with E-state index in [4.69, 9.17) is 4.74 Å². The molecule has 0 bridgehead atoms. The monoisotopic (exact) mass is 458 g/mol. The number of ether oxygens (including phenoxy) is 1. The molecule has 5 nitrogen and oxygen atoms in total. The first kappa shape index (κ1) is 21.4. The summed E-state index contributed by atoms with van der Waals surface area (Å²) in [4.78, 5) is 26.2. The summed E-state index contributed by atoms with van der Waals surface area (Å²) in [6.45, 7) is 8.37. The Labute approximate surface area is 180 Å². The lowest BCUT2D eigenvalue weighted by atomic mass is 9.83. The van der Waals surface area contributed by atoms with Crippen molar-refractivity contribution in [3.63, 3.8) is 0 Å². The molecule has 6 heteroatoms. The zero-order valence-corrected chi connectivity index (χ0v) is 18.8. The number of cyclic esters (lactones) is 1. The second kappa shape index (κ2) is 8.19. The number of carbonyl (C=O) groups excluding carboxylic acids is 2. The Morgan fingerprint density at radius 3 is 2.41 bits per heavy atom. The van der Waals surface area contributed by atoms with Gasteiger partial charge in [-0.1, -0.05) is 68.2 Å². The smallest absolute Gasteiger partial charge is 0.341 e. The Hall–Kier alpha value is -2.34. The average Bonchev–Trinajstić information content (AvgIpc) is 2.96. The van der Waals surface area contributed by atoms with Crippen LogP contribution in [0.2, 0.25) is 0 Å². The Balaban J connectivity index is 2.03. The molecule has 3 rings (SSSR count). The van der Waals surface area contributed by atoms with Crippen molar-refractivity contribution in [3.8, 4) is 0 Å². The van der Waals surface area contributed by atoms with E-state index in [1.807, 2.05) is 24.3 Å². The van der Waals surface area contributed by atoms with E-state index in [9.17, 15) is 9.59 Å². The molecule has 1 aliphatic rings. The topological polar surface area (TPSA) is 67.4 Å². The summed E-state index contributed by atoms with van der Waals surface area (Å²) in [7, 11) is 0. The molecule has 2 aromatic carbocycles. The van der Waals surface area contributed by atoms with E-state index in [1.54, 1.807) is 24.3 Å². The molecule has 0 radical (unpaired) electrons. The first-order chi connectivity index (χ1) is 13.7. The predicted octanol–water partition coefficient (Wildman–Crippen LogP) is 5.22. The van der Waals surface area contributed by atoms with Crippen molar-refractivity contribution in [3.05, 3.63) is 64.1 Å². The zero-order valence-electron chi connectivity index (χ0n) is 17.2. The van der Waals surface area contributed by atoms with Crippen LogP contribution in [0.15, 0.2) is 53.0 Å². The van der Waals surface area contributed by atoms with Gasteiger partial charge in [-0.25, -0.2) is 4.79 Å². The summed E-state index contributed by atoms with van der Waals surface area (Å²) in [5, 5.41) is 6.34. The third-order valence-corrected chi connectivity index (χ3v) is 5.71. The maximum Gasteiger partial charge on any atom is 0.341 e. The van der Waals surface area contributed by atoms with Gasteiger partial charge in [-0.2, -0.15) is 0 Å². The van der Waals surface area contributed by atoms with Crippen molar-refractivity contribution in [1.82, 2.24) is 5.32 Å². The molecule has 0 aromatic heterocycles. The molecule has 1 amide bonds. The normalized spacial score (nSPS) is 19.3. The third-order valence-electron chi connectivity index (χ3n) is 5.18. The van der Waals surface area contributed by atoms with Gasteiger partial charge in [-0.05, 0) is 42.2 Å². The zero-order chi connectivity index (χ0) is 21.2. The number of nitrogens with one attached hydrogen (secondary N) is 2. The molecular weight excluding hydrogens is 432 g/mol. The molecule has 154 valence electrons. The molecular formula is C23H27BrN2O3. The highest BCUT2D eigenvalue weighted by atomic mass is 79.9. The lowest BCUT2D eigenvalue weighted by Crippen LogP contribution is -2.55. The maximum absolute atomic E-state index is 13.6. The van der Waals surface area contributed by atoms with Gasteiger partial charge in [0.25, 0.3) is 11.6 Å². The van der Waals surface area contributed by atoms with E-state index in [2.05, 4.69) is 54.3 Å². The Morgan fingerprint density at radius 2 is 1.79 bits per heavy atom. The van der Waals surface area contributed by atoms with Crippen molar-refractivity contribution in [2.45, 2.75) is 52.3 Å². The first-order valence-corrected chi connectivity index (χ1v) is 10.6. The van der Waals surface area contributed by atoms with Gasteiger partial charge in [-0.3, -0.25) is 4.79 Å². The Morgan fingerprint density at radius 1 is 1.14 bits per heavy atom. The van der Waals surface area contributed by atoms with Crippen LogP contribution < -0.4 is 10.6 Å². The molecule has 2 aromatic rings. The minimum atomic E-state index is -1.61. The number of anilines is 1. The highest BCUT2D eigenvalue weighted by Crippen LogP contribution is 2.38. The van der Waals surface area contributed by atoms with Gasteiger partial charge in [-0.15, -0.1) is 0 Å². The summed E-state index contributed by atoms with van der Waals surface area (Å²) in [6.07, 6.45) is 1.77. The van der Waals surface area contributed by atoms with Crippen LogP contribution in [0.5, 0.6) is 0 Å². The van der Waals surface area contributed by atoms with Crippen LogP contribution in [0.4, 0.5) is 5.69 Å². The quantitative estimate of drug-likeness (QED) is 0.582. The van der Waals surface area contributed by atoms with Crippen LogP contribution in [0.25, 0.3) is 0 Å². The summed E-state index contributed by atoms with van der Waals surface area (Å²) < 4.78 is 6.65. The number of carbonyl (C=O) groups is 2. The van der Waals surface area contributed by atoms with E-state index in [-0.39, 0.29) is 17.4 Å². The van der Waals surface area contributed by atoms with E-state index in [1.165, 1.54) is 0 Å². The first-order valence-electron chi connectivity index (χ1n) is 9.85. The largest absolute Gasteiger partial charge is 0.421 e.